The van der Waals surface area contributed by atoms with Crippen molar-refractivity contribution in [1.82, 2.24) is 10.3 Å². The summed E-state index contributed by atoms with van der Waals surface area (Å²) < 4.78 is 0. The molecular formula is C16H17N3O2. The molecule has 1 N–H and O–H groups in total. The Hall–Kier alpha value is -2.43. The third-order valence-electron chi connectivity index (χ3n) is 3.82. The lowest BCUT2D eigenvalue weighted by Crippen LogP contribution is -2.62. The second-order valence-electron chi connectivity index (χ2n) is 5.25. The van der Waals surface area contributed by atoms with Crippen molar-refractivity contribution in [2.45, 2.75) is 32.4 Å². The molecule has 21 heavy (non-hydrogen) atoms. The first kappa shape index (κ1) is 13.5. The van der Waals surface area contributed by atoms with Crippen LogP contribution in [0.15, 0.2) is 36.5 Å². The standard InChI is InChI=1S/C16H17N3O2/c1-3-14-15(20)18-10(2)16(21)19(14)12-8-11-6-4-5-7-13(11)17-9-12/h4-10,14H,3H2,1-2H3,(H,18,20). The summed E-state index contributed by atoms with van der Waals surface area (Å²) in [5.74, 6) is -0.212. The number of benzene rings is 1. The smallest absolute Gasteiger partial charge is 0.250 e. The summed E-state index contributed by atoms with van der Waals surface area (Å²) in [6.45, 7) is 3.60. The Labute approximate surface area is 123 Å². The number of amides is 2. The average molecular weight is 283 g/mol. The van der Waals surface area contributed by atoms with E-state index in [0.29, 0.717) is 12.1 Å². The van der Waals surface area contributed by atoms with Gasteiger partial charge in [-0.3, -0.25) is 19.5 Å². The predicted molar refractivity (Wildman–Crippen MR) is 80.9 cm³/mol. The fraction of sp³-hybridized carbons (Fsp3) is 0.312. The molecule has 2 heterocycles. The lowest BCUT2D eigenvalue weighted by Gasteiger charge is -2.37. The maximum Gasteiger partial charge on any atom is 0.250 e. The second-order valence-corrected chi connectivity index (χ2v) is 5.25. The number of pyridine rings is 1. The molecule has 2 amide bonds. The summed E-state index contributed by atoms with van der Waals surface area (Å²) >= 11 is 0. The van der Waals surface area contributed by atoms with Gasteiger partial charge in [-0.15, -0.1) is 0 Å². The van der Waals surface area contributed by atoms with Crippen molar-refractivity contribution in [1.29, 1.82) is 0 Å². The number of hydrogen-bond acceptors (Lipinski definition) is 3. The topological polar surface area (TPSA) is 62.3 Å². The van der Waals surface area contributed by atoms with E-state index in [1.165, 1.54) is 0 Å². The summed E-state index contributed by atoms with van der Waals surface area (Å²) in [4.78, 5) is 30.5. The molecule has 1 aromatic carbocycles. The van der Waals surface area contributed by atoms with E-state index in [9.17, 15) is 9.59 Å². The first-order valence-electron chi connectivity index (χ1n) is 7.10. The van der Waals surface area contributed by atoms with Crippen LogP contribution < -0.4 is 10.2 Å². The van der Waals surface area contributed by atoms with Gasteiger partial charge in [-0.25, -0.2) is 0 Å². The highest BCUT2D eigenvalue weighted by atomic mass is 16.2. The van der Waals surface area contributed by atoms with Crippen LogP contribution >= 0.6 is 0 Å². The van der Waals surface area contributed by atoms with Gasteiger partial charge in [-0.2, -0.15) is 0 Å². The quantitative estimate of drug-likeness (QED) is 0.915. The zero-order valence-corrected chi connectivity index (χ0v) is 12.0. The minimum absolute atomic E-state index is 0.0986. The van der Waals surface area contributed by atoms with Gasteiger partial charge in [-0.1, -0.05) is 25.1 Å². The van der Waals surface area contributed by atoms with Gasteiger partial charge in [0.25, 0.3) is 0 Å². The average Bonchev–Trinajstić information content (AvgIpc) is 2.50. The van der Waals surface area contributed by atoms with E-state index in [0.717, 1.165) is 10.9 Å². The molecule has 2 aromatic rings. The predicted octanol–water partition coefficient (Wildman–Crippen LogP) is 1.86. The van der Waals surface area contributed by atoms with Crippen molar-refractivity contribution in [3.63, 3.8) is 0 Å². The molecule has 0 spiro atoms. The lowest BCUT2D eigenvalue weighted by molar-refractivity contribution is -0.133. The molecule has 2 atom stereocenters. The van der Waals surface area contributed by atoms with Gasteiger partial charge in [0.05, 0.1) is 17.4 Å². The molecule has 0 bridgehead atoms. The van der Waals surface area contributed by atoms with Crippen LogP contribution in [0.2, 0.25) is 0 Å². The number of piperazine rings is 1. The summed E-state index contributed by atoms with van der Waals surface area (Å²) in [7, 11) is 0. The van der Waals surface area contributed by atoms with Gasteiger partial charge in [0.2, 0.25) is 11.8 Å². The van der Waals surface area contributed by atoms with Crippen LogP contribution in [0.5, 0.6) is 0 Å². The zero-order chi connectivity index (χ0) is 15.0. The molecule has 5 heteroatoms. The van der Waals surface area contributed by atoms with Crippen LogP contribution in [0, 0.1) is 0 Å². The van der Waals surface area contributed by atoms with E-state index in [2.05, 4.69) is 10.3 Å². The minimum atomic E-state index is -0.508. The fourth-order valence-electron chi connectivity index (χ4n) is 2.72. The molecule has 1 aromatic heterocycles. The summed E-state index contributed by atoms with van der Waals surface area (Å²) in [6.07, 6.45) is 2.23. The summed E-state index contributed by atoms with van der Waals surface area (Å²) in [6, 6.07) is 8.65. The Morgan fingerprint density at radius 1 is 1.29 bits per heavy atom. The number of carbonyl (C=O) groups excluding carboxylic acids is 2. The number of carbonyl (C=O) groups is 2. The van der Waals surface area contributed by atoms with Crippen molar-refractivity contribution in [3.8, 4) is 0 Å². The van der Waals surface area contributed by atoms with Crippen LogP contribution in [0.25, 0.3) is 10.9 Å². The van der Waals surface area contributed by atoms with Crippen LogP contribution in [0.3, 0.4) is 0 Å². The summed E-state index contributed by atoms with van der Waals surface area (Å²) in [5, 5.41) is 3.67. The Morgan fingerprint density at radius 3 is 2.81 bits per heavy atom. The SMILES string of the molecule is CCC1C(=O)NC(C)C(=O)N1c1cnc2ccccc2c1. The Morgan fingerprint density at radius 2 is 2.05 bits per heavy atom. The number of nitrogens with one attached hydrogen (secondary N) is 1. The molecule has 0 aliphatic carbocycles. The van der Waals surface area contributed by atoms with E-state index in [-0.39, 0.29) is 11.8 Å². The number of para-hydroxylation sites is 1. The number of anilines is 1. The van der Waals surface area contributed by atoms with E-state index in [4.69, 9.17) is 0 Å². The maximum absolute atomic E-state index is 12.5. The summed E-state index contributed by atoms with van der Waals surface area (Å²) in [5.41, 5.74) is 1.54. The van der Waals surface area contributed by atoms with Gasteiger partial charge in [0, 0.05) is 5.39 Å². The molecular weight excluding hydrogens is 266 g/mol. The van der Waals surface area contributed by atoms with Gasteiger partial charge >= 0.3 is 0 Å². The highest BCUT2D eigenvalue weighted by Crippen LogP contribution is 2.25. The molecule has 2 unspecified atom stereocenters. The zero-order valence-electron chi connectivity index (χ0n) is 12.0. The van der Waals surface area contributed by atoms with E-state index in [1.54, 1.807) is 18.0 Å². The first-order valence-corrected chi connectivity index (χ1v) is 7.10. The number of hydrogen-bond donors (Lipinski definition) is 1. The van der Waals surface area contributed by atoms with Gasteiger partial charge in [-0.05, 0) is 25.5 Å². The van der Waals surface area contributed by atoms with E-state index in [1.807, 2.05) is 37.3 Å². The third-order valence-corrected chi connectivity index (χ3v) is 3.82. The van der Waals surface area contributed by atoms with Gasteiger partial charge in [0.15, 0.2) is 0 Å². The normalized spacial score (nSPS) is 22.5. The first-order chi connectivity index (χ1) is 10.1. The Balaban J connectivity index is 2.08. The van der Waals surface area contributed by atoms with Crippen LogP contribution in [-0.2, 0) is 9.59 Å². The molecule has 0 saturated carbocycles. The number of nitrogens with zero attached hydrogens (tertiary/aromatic N) is 2. The van der Waals surface area contributed by atoms with Crippen molar-refractivity contribution in [3.05, 3.63) is 36.5 Å². The molecule has 3 rings (SSSR count). The van der Waals surface area contributed by atoms with Gasteiger partial charge in [0.1, 0.15) is 12.1 Å². The highest BCUT2D eigenvalue weighted by molar-refractivity contribution is 6.08. The van der Waals surface area contributed by atoms with Crippen LogP contribution in [-0.4, -0.2) is 28.9 Å². The van der Waals surface area contributed by atoms with Crippen molar-refractivity contribution >= 4 is 28.4 Å². The lowest BCUT2D eigenvalue weighted by atomic mass is 10.0. The second kappa shape index (κ2) is 5.16. The molecule has 1 saturated heterocycles. The van der Waals surface area contributed by atoms with Crippen molar-refractivity contribution in [2.75, 3.05) is 4.90 Å². The minimum Gasteiger partial charge on any atom is -0.343 e. The molecule has 1 aliphatic rings. The van der Waals surface area contributed by atoms with Crippen molar-refractivity contribution in [2.24, 2.45) is 0 Å². The highest BCUT2D eigenvalue weighted by Gasteiger charge is 2.38. The van der Waals surface area contributed by atoms with E-state index >= 15 is 0 Å². The molecule has 108 valence electrons. The molecule has 0 radical (unpaired) electrons. The number of rotatable bonds is 2. The van der Waals surface area contributed by atoms with Crippen LogP contribution in [0.4, 0.5) is 5.69 Å². The molecule has 1 fully saturated rings. The maximum atomic E-state index is 12.5. The Bertz CT molecular complexity index is 713. The molecule has 1 aliphatic heterocycles. The molecule has 5 nitrogen and oxygen atoms in total. The largest absolute Gasteiger partial charge is 0.343 e. The van der Waals surface area contributed by atoms with Crippen molar-refractivity contribution < 1.29 is 9.59 Å². The van der Waals surface area contributed by atoms with E-state index < -0.39 is 12.1 Å². The fourth-order valence-corrected chi connectivity index (χ4v) is 2.72. The Kier molecular flexibility index (Phi) is 3.33. The van der Waals surface area contributed by atoms with Gasteiger partial charge < -0.3 is 5.32 Å². The third kappa shape index (κ3) is 2.24. The number of aromatic nitrogens is 1. The van der Waals surface area contributed by atoms with Crippen LogP contribution in [0.1, 0.15) is 20.3 Å². The number of fused-ring (bicyclic) bond motifs is 1. The monoisotopic (exact) mass is 283 g/mol.